The van der Waals surface area contributed by atoms with E-state index in [1.807, 2.05) is 18.2 Å². The maximum atomic E-state index is 14.3. The van der Waals surface area contributed by atoms with Crippen molar-refractivity contribution in [1.29, 1.82) is 0 Å². The van der Waals surface area contributed by atoms with Crippen LogP contribution in [0.2, 0.25) is 9.36 Å². The summed E-state index contributed by atoms with van der Waals surface area (Å²) in [5.41, 5.74) is 1.03. The second kappa shape index (κ2) is 11.0. The molecule has 1 saturated heterocycles. The monoisotopic (exact) mass is 627 g/mol. The van der Waals surface area contributed by atoms with Crippen molar-refractivity contribution >= 4 is 67.2 Å². The minimum Gasteiger partial charge on any atom is -0.368 e. The van der Waals surface area contributed by atoms with Crippen LogP contribution in [0.25, 0.3) is 11.0 Å². The first-order chi connectivity index (χ1) is 19.8. The molecule has 0 aliphatic carbocycles. The summed E-state index contributed by atoms with van der Waals surface area (Å²) < 4.78 is 29.6. The Morgan fingerprint density at radius 2 is 1.59 bits per heavy atom. The highest BCUT2D eigenvalue weighted by Gasteiger charge is 2.35. The number of aromatic nitrogens is 3. The van der Waals surface area contributed by atoms with E-state index in [-0.39, 0.29) is 25.5 Å². The lowest BCUT2D eigenvalue weighted by Crippen LogP contribution is -2.51. The number of piperazine rings is 1. The molecule has 3 aromatic heterocycles. The first kappa shape index (κ1) is 27.5. The summed E-state index contributed by atoms with van der Waals surface area (Å²) in [6.45, 7) is 2.02. The topological polar surface area (TPSA) is 97.5 Å². The predicted molar refractivity (Wildman–Crippen MR) is 161 cm³/mol. The van der Waals surface area contributed by atoms with Crippen LogP contribution >= 0.6 is 34.5 Å². The molecule has 1 atom stereocenters. The molecule has 13 heteroatoms. The number of nitrogens with zero attached hydrogens (tertiary/aromatic N) is 5. The van der Waals surface area contributed by atoms with Gasteiger partial charge in [-0.2, -0.15) is 12.4 Å². The maximum absolute atomic E-state index is 14.3. The Hall–Kier alpha value is -3.64. The molecule has 210 valence electrons. The summed E-state index contributed by atoms with van der Waals surface area (Å²) in [4.78, 5) is 36.4. The minimum atomic E-state index is -4.33. The fraction of sp³-hybridized carbons (Fsp3) is 0.179. The Balaban J connectivity index is 1.47. The molecule has 0 radical (unpaired) electrons. The van der Waals surface area contributed by atoms with Crippen LogP contribution < -0.4 is 10.6 Å². The molecule has 0 N–H and O–H groups in total. The van der Waals surface area contributed by atoms with Gasteiger partial charge in [0.1, 0.15) is 10.3 Å². The molecule has 5 aromatic rings. The van der Waals surface area contributed by atoms with Gasteiger partial charge in [0.15, 0.2) is 0 Å². The SMILES string of the molecule is O=C(C(c1ccccc1)n1c(=O)n(S(=O)(=O)c2ccc(Cl)s2)c2ccc(Cl)cc21)N1CCN(c2ccncc2)CC1. The normalized spacial score (nSPS) is 14.9. The number of thiophene rings is 1. The Morgan fingerprint density at radius 3 is 2.24 bits per heavy atom. The van der Waals surface area contributed by atoms with Crippen LogP contribution in [0.5, 0.6) is 0 Å². The van der Waals surface area contributed by atoms with Gasteiger partial charge in [0.2, 0.25) is 0 Å². The van der Waals surface area contributed by atoms with E-state index < -0.39 is 21.8 Å². The number of fused-ring (bicyclic) bond motifs is 1. The average Bonchev–Trinajstić information content (AvgIpc) is 3.56. The summed E-state index contributed by atoms with van der Waals surface area (Å²) in [6, 6.07) is 18.9. The molecule has 6 rings (SSSR count). The molecule has 1 aliphatic rings. The number of hydrogen-bond acceptors (Lipinski definition) is 7. The molecule has 0 saturated carbocycles. The Kier molecular flexibility index (Phi) is 7.37. The van der Waals surface area contributed by atoms with Crippen molar-refractivity contribution in [2.24, 2.45) is 0 Å². The highest BCUT2D eigenvalue weighted by Crippen LogP contribution is 2.32. The van der Waals surface area contributed by atoms with E-state index in [0.29, 0.717) is 36.8 Å². The molecule has 4 heterocycles. The van der Waals surface area contributed by atoms with Crippen LogP contribution in [0.4, 0.5) is 5.69 Å². The molecule has 1 fully saturated rings. The fourth-order valence-corrected chi connectivity index (χ4v) is 8.24. The van der Waals surface area contributed by atoms with E-state index in [1.54, 1.807) is 41.6 Å². The summed E-state index contributed by atoms with van der Waals surface area (Å²) in [6.07, 6.45) is 3.45. The largest absolute Gasteiger partial charge is 0.368 e. The third-order valence-corrected chi connectivity index (χ3v) is 10.7. The van der Waals surface area contributed by atoms with Gasteiger partial charge in [0.25, 0.3) is 15.9 Å². The molecule has 1 amide bonds. The number of anilines is 1. The number of amides is 1. The molecule has 2 aromatic carbocycles. The van der Waals surface area contributed by atoms with Crippen molar-refractivity contribution in [3.63, 3.8) is 0 Å². The smallest absolute Gasteiger partial charge is 0.344 e. The van der Waals surface area contributed by atoms with E-state index in [0.717, 1.165) is 21.0 Å². The van der Waals surface area contributed by atoms with Crippen molar-refractivity contribution < 1.29 is 13.2 Å². The number of carbonyl (C=O) groups excluding carboxylic acids is 1. The third kappa shape index (κ3) is 5.03. The lowest BCUT2D eigenvalue weighted by molar-refractivity contribution is -0.133. The summed E-state index contributed by atoms with van der Waals surface area (Å²) in [7, 11) is -4.33. The van der Waals surface area contributed by atoms with Gasteiger partial charge < -0.3 is 9.80 Å². The van der Waals surface area contributed by atoms with E-state index in [2.05, 4.69) is 9.88 Å². The molecule has 1 unspecified atom stereocenters. The zero-order chi connectivity index (χ0) is 28.7. The molecule has 0 bridgehead atoms. The first-order valence-electron chi connectivity index (χ1n) is 12.7. The highest BCUT2D eigenvalue weighted by atomic mass is 35.5. The number of halogens is 2. The van der Waals surface area contributed by atoms with Gasteiger partial charge in [-0.15, -0.1) is 11.3 Å². The predicted octanol–water partition coefficient (Wildman–Crippen LogP) is 4.74. The van der Waals surface area contributed by atoms with Gasteiger partial charge in [-0.05, 0) is 48.0 Å². The van der Waals surface area contributed by atoms with Gasteiger partial charge in [-0.3, -0.25) is 14.3 Å². The van der Waals surface area contributed by atoms with Gasteiger partial charge in [-0.25, -0.2) is 4.79 Å². The van der Waals surface area contributed by atoms with Crippen molar-refractivity contribution in [2.75, 3.05) is 31.1 Å². The average molecular weight is 629 g/mol. The second-order valence-electron chi connectivity index (χ2n) is 9.44. The standard InChI is InChI=1S/C28H23Cl2N5O4S2/c29-20-6-7-22-23(18-20)34(28(37)35(22)41(38,39)25-9-8-24(30)40-25)26(19-4-2-1-3-5-19)27(36)33-16-14-32(15-17-33)21-10-12-31-13-11-21/h1-13,18,26H,14-17H2. The van der Waals surface area contributed by atoms with Gasteiger partial charge >= 0.3 is 5.69 Å². The number of hydrogen-bond donors (Lipinski definition) is 0. The van der Waals surface area contributed by atoms with Crippen molar-refractivity contribution in [3.8, 4) is 0 Å². The number of carbonyl (C=O) groups is 1. The Morgan fingerprint density at radius 1 is 0.878 bits per heavy atom. The number of rotatable bonds is 6. The summed E-state index contributed by atoms with van der Waals surface area (Å²) >= 11 is 13.2. The van der Waals surface area contributed by atoms with Crippen LogP contribution in [0.3, 0.4) is 0 Å². The number of benzene rings is 2. The zero-order valence-corrected chi connectivity index (χ0v) is 24.6. The van der Waals surface area contributed by atoms with Crippen LogP contribution in [0.15, 0.2) is 94.2 Å². The van der Waals surface area contributed by atoms with Gasteiger partial charge in [-0.1, -0.05) is 53.5 Å². The number of imidazole rings is 1. The summed E-state index contributed by atoms with van der Waals surface area (Å²) in [5, 5.41) is 0.296. The quantitative estimate of drug-likeness (QED) is 0.270. The first-order valence-corrected chi connectivity index (χ1v) is 15.7. The number of pyridine rings is 1. The summed E-state index contributed by atoms with van der Waals surface area (Å²) in [5.74, 6) is -0.316. The van der Waals surface area contributed by atoms with Gasteiger partial charge in [0, 0.05) is 49.3 Å². The fourth-order valence-electron chi connectivity index (χ4n) is 5.12. The molecular formula is C28H23Cl2N5O4S2. The molecule has 0 spiro atoms. The highest BCUT2D eigenvalue weighted by molar-refractivity contribution is 7.92. The molecule has 41 heavy (non-hydrogen) atoms. The lowest BCUT2D eigenvalue weighted by Gasteiger charge is -2.37. The Labute approximate surface area is 249 Å². The zero-order valence-electron chi connectivity index (χ0n) is 21.4. The van der Waals surface area contributed by atoms with E-state index >= 15 is 0 Å². The van der Waals surface area contributed by atoms with Crippen molar-refractivity contribution in [3.05, 3.63) is 111 Å². The molecule has 9 nitrogen and oxygen atoms in total. The third-order valence-electron chi connectivity index (χ3n) is 7.07. The van der Waals surface area contributed by atoms with E-state index in [9.17, 15) is 18.0 Å². The van der Waals surface area contributed by atoms with Crippen molar-refractivity contribution in [1.82, 2.24) is 18.4 Å². The van der Waals surface area contributed by atoms with Crippen molar-refractivity contribution in [2.45, 2.75) is 10.3 Å². The maximum Gasteiger partial charge on any atom is 0.344 e. The molecule has 1 aliphatic heterocycles. The van der Waals surface area contributed by atoms with Crippen LogP contribution in [-0.2, 0) is 14.8 Å². The van der Waals surface area contributed by atoms with E-state index in [1.165, 1.54) is 34.9 Å². The van der Waals surface area contributed by atoms with E-state index in [4.69, 9.17) is 23.2 Å². The Bertz CT molecular complexity index is 1900. The van der Waals surface area contributed by atoms with Crippen LogP contribution in [0, 0.1) is 0 Å². The van der Waals surface area contributed by atoms with Gasteiger partial charge in [0.05, 0.1) is 15.4 Å². The molecular weight excluding hydrogens is 605 g/mol. The minimum absolute atomic E-state index is 0.0894. The van der Waals surface area contributed by atoms with Crippen LogP contribution in [0.1, 0.15) is 11.6 Å². The second-order valence-corrected chi connectivity index (χ2v) is 13.6. The van der Waals surface area contributed by atoms with Crippen LogP contribution in [-0.4, -0.2) is 58.9 Å². The lowest BCUT2D eigenvalue weighted by atomic mass is 10.0.